The molecule has 1 unspecified atom stereocenters. The molecule has 0 heterocycles. The summed E-state index contributed by atoms with van der Waals surface area (Å²) in [6, 6.07) is -1.07. The number of urea groups is 1. The van der Waals surface area contributed by atoms with Gasteiger partial charge in [-0.2, -0.15) is 0 Å². The monoisotopic (exact) mass is 212 g/mol. The Morgan fingerprint density at radius 3 is 2.40 bits per heavy atom. The lowest BCUT2D eigenvalue weighted by Gasteiger charge is -2.17. The van der Waals surface area contributed by atoms with E-state index in [1.807, 2.05) is 6.92 Å². The lowest BCUT2D eigenvalue weighted by atomic mass is 10.2. The van der Waals surface area contributed by atoms with E-state index in [4.69, 9.17) is 5.11 Å². The number of carbonyl (C=O) groups excluding carboxylic acids is 1. The fourth-order valence-electron chi connectivity index (χ4n) is 1.57. The average molecular weight is 212 g/mol. The van der Waals surface area contributed by atoms with E-state index in [-0.39, 0.29) is 17.5 Å². The molecule has 2 rings (SSSR count). The number of hydrogen-bond donors (Lipinski definition) is 3. The van der Waals surface area contributed by atoms with Crippen molar-refractivity contribution in [1.29, 1.82) is 0 Å². The highest BCUT2D eigenvalue weighted by Gasteiger charge is 2.41. The number of aliphatic carboxylic acids is 1. The predicted octanol–water partition coefficient (Wildman–Crippen LogP) is 0.701. The lowest BCUT2D eigenvalue weighted by Crippen LogP contribution is -2.50. The molecule has 5 nitrogen and oxygen atoms in total. The summed E-state index contributed by atoms with van der Waals surface area (Å²) in [7, 11) is 0. The van der Waals surface area contributed by atoms with Crippen molar-refractivity contribution < 1.29 is 14.7 Å². The molecule has 15 heavy (non-hydrogen) atoms. The van der Waals surface area contributed by atoms with Crippen LogP contribution < -0.4 is 10.6 Å². The number of nitrogens with one attached hydrogen (secondary N) is 2. The fourth-order valence-corrected chi connectivity index (χ4v) is 1.57. The number of carboxylic acid groups (broad SMARTS) is 1. The maximum atomic E-state index is 11.5. The molecule has 0 bridgehead atoms. The van der Waals surface area contributed by atoms with E-state index in [1.54, 1.807) is 0 Å². The minimum Gasteiger partial charge on any atom is -0.480 e. The number of carboxylic acids is 1. The van der Waals surface area contributed by atoms with Gasteiger partial charge in [0.05, 0.1) is 0 Å². The van der Waals surface area contributed by atoms with E-state index in [1.165, 1.54) is 0 Å². The molecule has 0 aromatic rings. The van der Waals surface area contributed by atoms with Crippen LogP contribution >= 0.6 is 0 Å². The Labute approximate surface area is 88.2 Å². The van der Waals surface area contributed by atoms with Gasteiger partial charge < -0.3 is 15.7 Å². The van der Waals surface area contributed by atoms with E-state index < -0.39 is 12.0 Å². The molecule has 0 aromatic heterocycles. The molecular formula is C10H16N2O3. The molecule has 2 aliphatic carbocycles. The average Bonchev–Trinajstić information content (AvgIpc) is 2.98. The minimum absolute atomic E-state index is 0.101. The molecule has 5 heteroatoms. The van der Waals surface area contributed by atoms with Crippen molar-refractivity contribution in [2.75, 3.05) is 0 Å². The zero-order valence-corrected chi connectivity index (χ0v) is 8.75. The molecule has 1 atom stereocenters. The summed E-state index contributed by atoms with van der Waals surface area (Å²) in [4.78, 5) is 22.3. The Morgan fingerprint density at radius 1 is 1.40 bits per heavy atom. The van der Waals surface area contributed by atoms with Gasteiger partial charge >= 0.3 is 12.0 Å². The van der Waals surface area contributed by atoms with Crippen molar-refractivity contribution in [2.45, 2.75) is 44.2 Å². The standard InChI is InChI=1S/C10H16N2O3/c1-10(4-5-10)12-9(15)11-7(8(13)14)6-2-3-6/h6-7H,2-5H2,1H3,(H,13,14)(H2,11,12,15). The normalized spacial score (nSPS) is 24.1. The van der Waals surface area contributed by atoms with Gasteiger partial charge in [0.2, 0.25) is 0 Å². The zero-order chi connectivity index (χ0) is 11.1. The number of rotatable bonds is 4. The Morgan fingerprint density at radius 2 is 2.00 bits per heavy atom. The summed E-state index contributed by atoms with van der Waals surface area (Å²) in [6.07, 6.45) is 3.74. The molecule has 0 saturated heterocycles. The van der Waals surface area contributed by atoms with Crippen molar-refractivity contribution in [1.82, 2.24) is 10.6 Å². The van der Waals surface area contributed by atoms with Gasteiger partial charge in [0.1, 0.15) is 6.04 Å². The zero-order valence-electron chi connectivity index (χ0n) is 8.75. The Hall–Kier alpha value is -1.26. The van der Waals surface area contributed by atoms with Crippen LogP contribution in [-0.4, -0.2) is 28.7 Å². The van der Waals surface area contributed by atoms with Gasteiger partial charge in [-0.25, -0.2) is 9.59 Å². The van der Waals surface area contributed by atoms with Crippen molar-refractivity contribution in [2.24, 2.45) is 5.92 Å². The van der Waals surface area contributed by atoms with Gasteiger partial charge in [-0.05, 0) is 38.5 Å². The molecule has 2 aliphatic rings. The highest BCUT2D eigenvalue weighted by molar-refractivity contribution is 5.83. The van der Waals surface area contributed by atoms with Crippen molar-refractivity contribution in [3.8, 4) is 0 Å². The maximum Gasteiger partial charge on any atom is 0.326 e. The van der Waals surface area contributed by atoms with Crippen LogP contribution in [0.3, 0.4) is 0 Å². The smallest absolute Gasteiger partial charge is 0.326 e. The lowest BCUT2D eigenvalue weighted by molar-refractivity contribution is -0.139. The number of hydrogen-bond acceptors (Lipinski definition) is 2. The minimum atomic E-state index is -0.936. The van der Waals surface area contributed by atoms with Gasteiger partial charge in [-0.1, -0.05) is 0 Å². The van der Waals surface area contributed by atoms with Crippen LogP contribution in [0.25, 0.3) is 0 Å². The molecular weight excluding hydrogens is 196 g/mol. The SMILES string of the molecule is CC1(NC(=O)NC(C(=O)O)C2CC2)CC1. The highest BCUT2D eigenvalue weighted by atomic mass is 16.4. The first kappa shape index (κ1) is 10.3. The third-order valence-corrected chi connectivity index (χ3v) is 3.06. The molecule has 3 N–H and O–H groups in total. The Balaban J connectivity index is 1.83. The molecule has 84 valence electrons. The summed E-state index contributed by atoms with van der Waals surface area (Å²) < 4.78 is 0. The second-order valence-electron chi connectivity index (χ2n) is 4.81. The Kier molecular flexibility index (Phi) is 2.32. The fraction of sp³-hybridized carbons (Fsp3) is 0.800. The first-order valence-corrected chi connectivity index (χ1v) is 5.32. The van der Waals surface area contributed by atoms with Crippen LogP contribution in [0.2, 0.25) is 0 Å². The third-order valence-electron chi connectivity index (χ3n) is 3.06. The van der Waals surface area contributed by atoms with E-state index >= 15 is 0 Å². The van der Waals surface area contributed by atoms with Crippen LogP contribution in [0, 0.1) is 5.92 Å². The quantitative estimate of drug-likeness (QED) is 0.642. The summed E-state index contributed by atoms with van der Waals surface area (Å²) in [6.45, 7) is 1.96. The Bertz CT molecular complexity index is 295. The van der Waals surface area contributed by atoms with Gasteiger partial charge in [0.15, 0.2) is 0 Å². The number of carbonyl (C=O) groups is 2. The van der Waals surface area contributed by atoms with Gasteiger partial charge in [0.25, 0.3) is 0 Å². The second kappa shape index (κ2) is 3.40. The van der Waals surface area contributed by atoms with E-state index in [0.717, 1.165) is 25.7 Å². The first-order chi connectivity index (χ1) is 7.00. The largest absolute Gasteiger partial charge is 0.480 e. The van der Waals surface area contributed by atoms with Gasteiger partial charge in [-0.15, -0.1) is 0 Å². The number of amides is 2. The van der Waals surface area contributed by atoms with Crippen molar-refractivity contribution in [3.63, 3.8) is 0 Å². The van der Waals surface area contributed by atoms with E-state index in [9.17, 15) is 9.59 Å². The first-order valence-electron chi connectivity index (χ1n) is 5.32. The molecule has 0 spiro atoms. The van der Waals surface area contributed by atoms with Crippen LogP contribution in [-0.2, 0) is 4.79 Å². The summed E-state index contributed by atoms with van der Waals surface area (Å²) in [5.41, 5.74) is -0.101. The summed E-state index contributed by atoms with van der Waals surface area (Å²) in [5.74, 6) is -0.811. The third kappa shape index (κ3) is 2.61. The molecule has 2 fully saturated rings. The van der Waals surface area contributed by atoms with Crippen LogP contribution in [0.5, 0.6) is 0 Å². The maximum absolute atomic E-state index is 11.5. The molecule has 2 saturated carbocycles. The van der Waals surface area contributed by atoms with E-state index in [0.29, 0.717) is 0 Å². The van der Waals surface area contributed by atoms with Crippen molar-refractivity contribution in [3.05, 3.63) is 0 Å². The van der Waals surface area contributed by atoms with Gasteiger partial charge in [-0.3, -0.25) is 0 Å². The van der Waals surface area contributed by atoms with Crippen LogP contribution in [0.15, 0.2) is 0 Å². The van der Waals surface area contributed by atoms with Crippen LogP contribution in [0.1, 0.15) is 32.6 Å². The van der Waals surface area contributed by atoms with E-state index in [2.05, 4.69) is 10.6 Å². The van der Waals surface area contributed by atoms with Crippen LogP contribution in [0.4, 0.5) is 4.79 Å². The topological polar surface area (TPSA) is 78.4 Å². The summed E-state index contributed by atoms with van der Waals surface area (Å²) >= 11 is 0. The molecule has 0 aliphatic heterocycles. The predicted molar refractivity (Wildman–Crippen MR) is 53.5 cm³/mol. The molecule has 2 amide bonds. The second-order valence-corrected chi connectivity index (χ2v) is 4.81. The van der Waals surface area contributed by atoms with Crippen molar-refractivity contribution >= 4 is 12.0 Å². The molecule has 0 aromatic carbocycles. The molecule has 0 radical (unpaired) electrons. The van der Waals surface area contributed by atoms with Gasteiger partial charge in [0, 0.05) is 5.54 Å². The summed E-state index contributed by atoms with van der Waals surface area (Å²) in [5, 5.41) is 14.2. The highest BCUT2D eigenvalue weighted by Crippen LogP contribution is 2.35.